The molecule has 174 valence electrons. The summed E-state index contributed by atoms with van der Waals surface area (Å²) in [6, 6.07) is 5.92. The number of carbonyl (C=O) groups is 1. The van der Waals surface area contributed by atoms with Crippen molar-refractivity contribution in [2.24, 2.45) is 16.3 Å². The Morgan fingerprint density at radius 1 is 1.22 bits per heavy atom. The predicted molar refractivity (Wildman–Crippen MR) is 132 cm³/mol. The van der Waals surface area contributed by atoms with Crippen LogP contribution in [-0.4, -0.2) is 48.2 Å². The van der Waals surface area contributed by atoms with E-state index in [1.54, 1.807) is 6.07 Å². The average Bonchev–Trinajstić information content (AvgIpc) is 3.70. The van der Waals surface area contributed by atoms with Crippen LogP contribution in [0.1, 0.15) is 70.8 Å². The summed E-state index contributed by atoms with van der Waals surface area (Å²) >= 11 is 12.6. The topological polar surface area (TPSA) is 44.7 Å². The van der Waals surface area contributed by atoms with E-state index in [0.717, 1.165) is 37.8 Å². The van der Waals surface area contributed by atoms with Crippen molar-refractivity contribution >= 4 is 34.8 Å². The van der Waals surface area contributed by atoms with Crippen molar-refractivity contribution in [2.75, 3.05) is 19.6 Å². The molecule has 1 amide bonds. The van der Waals surface area contributed by atoms with Gasteiger partial charge in [0.2, 0.25) is 5.91 Å². The molecule has 2 bridgehead atoms. The van der Waals surface area contributed by atoms with Gasteiger partial charge in [0.05, 0.1) is 17.5 Å². The van der Waals surface area contributed by atoms with E-state index in [-0.39, 0.29) is 11.9 Å². The lowest BCUT2D eigenvalue weighted by Crippen LogP contribution is -2.51. The van der Waals surface area contributed by atoms with E-state index >= 15 is 0 Å². The molecular weight excluding hydrogens is 441 g/mol. The molecule has 32 heavy (non-hydrogen) atoms. The highest BCUT2D eigenvalue weighted by molar-refractivity contribution is 6.35. The number of benzene rings is 1. The highest BCUT2D eigenvalue weighted by Crippen LogP contribution is 2.52. The van der Waals surface area contributed by atoms with Crippen LogP contribution in [0, 0.1) is 11.3 Å². The minimum Gasteiger partial charge on any atom is -0.347 e. The van der Waals surface area contributed by atoms with Gasteiger partial charge in [-0.2, -0.15) is 0 Å². The fourth-order valence-electron chi connectivity index (χ4n) is 5.80. The minimum absolute atomic E-state index is 0.0130. The summed E-state index contributed by atoms with van der Waals surface area (Å²) < 4.78 is 0. The Labute approximate surface area is 202 Å². The first-order valence-corrected chi connectivity index (χ1v) is 13.1. The summed E-state index contributed by atoms with van der Waals surface area (Å²) in [4.78, 5) is 21.5. The molecule has 5 aliphatic rings. The van der Waals surface area contributed by atoms with Gasteiger partial charge < -0.3 is 10.2 Å². The Hall–Kier alpha value is -1.10. The first kappa shape index (κ1) is 22.7. The van der Waals surface area contributed by atoms with Gasteiger partial charge in [-0.25, -0.2) is 0 Å². The second-order valence-electron chi connectivity index (χ2n) is 10.9. The van der Waals surface area contributed by atoms with E-state index in [4.69, 9.17) is 28.2 Å². The van der Waals surface area contributed by atoms with E-state index in [1.807, 2.05) is 12.1 Å². The molecule has 4 nitrogen and oxygen atoms in total. The number of carbonyl (C=O) groups excluding carboxylic acids is 1. The number of aliphatic imine (C=N–C) groups is 1. The summed E-state index contributed by atoms with van der Waals surface area (Å²) in [6.07, 6.45) is 8.55. The van der Waals surface area contributed by atoms with Crippen molar-refractivity contribution in [1.82, 2.24) is 10.2 Å². The maximum Gasteiger partial charge on any atom is 0.231 e. The molecule has 0 radical (unpaired) electrons. The van der Waals surface area contributed by atoms with E-state index in [2.05, 4.69) is 24.1 Å². The van der Waals surface area contributed by atoms with Crippen LogP contribution in [-0.2, 0) is 10.2 Å². The second kappa shape index (κ2) is 8.60. The highest BCUT2D eigenvalue weighted by Gasteiger charge is 2.53. The van der Waals surface area contributed by atoms with Crippen molar-refractivity contribution in [3.63, 3.8) is 0 Å². The standard InChI is InChI=1S/C26H35Cl2N3O/c1-3-21(29-23-16-31-12-6-17(23)7-13-31)22(15-25(2)8-9-25)30-24(32)26(10-11-26)19-5-4-18(27)14-20(19)28/h4-5,14,17,22-23H,3,6-13,15-16H2,1-2H3,(H,30,32). The lowest BCUT2D eigenvalue weighted by molar-refractivity contribution is -0.124. The monoisotopic (exact) mass is 475 g/mol. The molecule has 6 heteroatoms. The fourth-order valence-corrected chi connectivity index (χ4v) is 6.39. The molecule has 3 saturated heterocycles. The van der Waals surface area contributed by atoms with Gasteiger partial charge in [-0.15, -0.1) is 0 Å². The van der Waals surface area contributed by atoms with Gasteiger partial charge in [-0.05, 0) is 93.5 Å². The number of hydrogen-bond acceptors (Lipinski definition) is 3. The Balaban J connectivity index is 1.38. The predicted octanol–water partition coefficient (Wildman–Crippen LogP) is 5.65. The SMILES string of the molecule is CCC(=NC1CN2CCC1CC2)C(CC1(C)CC1)NC(=O)C1(c2ccc(Cl)cc2Cl)CC1. The zero-order chi connectivity index (χ0) is 22.5. The van der Waals surface area contributed by atoms with Crippen LogP contribution in [0.15, 0.2) is 23.2 Å². The molecule has 1 aromatic carbocycles. The van der Waals surface area contributed by atoms with Gasteiger partial charge in [0.25, 0.3) is 0 Å². The molecule has 3 aliphatic heterocycles. The number of piperidine rings is 3. The molecule has 1 N–H and O–H groups in total. The maximum absolute atomic E-state index is 13.7. The lowest BCUT2D eigenvalue weighted by Gasteiger charge is -2.43. The highest BCUT2D eigenvalue weighted by atomic mass is 35.5. The molecule has 0 spiro atoms. The van der Waals surface area contributed by atoms with E-state index < -0.39 is 5.41 Å². The van der Waals surface area contributed by atoms with Gasteiger partial charge in [-0.1, -0.05) is 43.1 Å². The summed E-state index contributed by atoms with van der Waals surface area (Å²) in [5.74, 6) is 0.808. The lowest BCUT2D eigenvalue weighted by atomic mass is 9.84. The van der Waals surface area contributed by atoms with Crippen LogP contribution >= 0.6 is 23.2 Å². The summed E-state index contributed by atoms with van der Waals surface area (Å²) in [6.45, 7) is 8.06. The Kier molecular flexibility index (Phi) is 6.09. The number of hydrogen-bond donors (Lipinski definition) is 1. The number of fused-ring (bicyclic) bond motifs is 3. The first-order valence-electron chi connectivity index (χ1n) is 12.4. The van der Waals surface area contributed by atoms with Crippen molar-refractivity contribution in [2.45, 2.75) is 82.7 Å². The van der Waals surface area contributed by atoms with Gasteiger partial charge in [0.15, 0.2) is 0 Å². The van der Waals surface area contributed by atoms with Gasteiger partial charge in [0, 0.05) is 22.3 Å². The van der Waals surface area contributed by atoms with Crippen LogP contribution in [0.2, 0.25) is 10.0 Å². The van der Waals surface area contributed by atoms with Crippen LogP contribution in [0.4, 0.5) is 0 Å². The van der Waals surface area contributed by atoms with Crippen LogP contribution < -0.4 is 5.32 Å². The number of rotatable bonds is 8. The van der Waals surface area contributed by atoms with Crippen molar-refractivity contribution in [1.29, 1.82) is 0 Å². The van der Waals surface area contributed by atoms with E-state index in [0.29, 0.717) is 27.4 Å². The summed E-state index contributed by atoms with van der Waals surface area (Å²) in [5, 5.41) is 4.66. The quantitative estimate of drug-likeness (QED) is 0.493. The number of nitrogens with one attached hydrogen (secondary N) is 1. The molecule has 2 atom stereocenters. The Bertz CT molecular complexity index is 914. The largest absolute Gasteiger partial charge is 0.347 e. The van der Waals surface area contributed by atoms with Crippen LogP contribution in [0.5, 0.6) is 0 Å². The third-order valence-electron chi connectivity index (χ3n) is 8.45. The molecule has 2 unspecified atom stereocenters. The Morgan fingerprint density at radius 2 is 1.94 bits per heavy atom. The van der Waals surface area contributed by atoms with Crippen molar-refractivity contribution < 1.29 is 4.79 Å². The van der Waals surface area contributed by atoms with Gasteiger partial charge >= 0.3 is 0 Å². The van der Waals surface area contributed by atoms with Crippen LogP contribution in [0.3, 0.4) is 0 Å². The molecular formula is C26H35Cl2N3O. The smallest absolute Gasteiger partial charge is 0.231 e. The zero-order valence-electron chi connectivity index (χ0n) is 19.3. The fraction of sp³-hybridized carbons (Fsp3) is 0.692. The molecule has 6 rings (SSSR count). The molecule has 2 saturated carbocycles. The first-order chi connectivity index (χ1) is 15.3. The molecule has 1 aromatic rings. The number of amides is 1. The second-order valence-corrected chi connectivity index (χ2v) is 11.8. The Morgan fingerprint density at radius 3 is 2.47 bits per heavy atom. The van der Waals surface area contributed by atoms with Crippen LogP contribution in [0.25, 0.3) is 0 Å². The summed E-state index contributed by atoms with van der Waals surface area (Å²) in [7, 11) is 0. The van der Waals surface area contributed by atoms with E-state index in [1.165, 1.54) is 44.5 Å². The van der Waals surface area contributed by atoms with Crippen molar-refractivity contribution in [3.8, 4) is 0 Å². The van der Waals surface area contributed by atoms with E-state index in [9.17, 15) is 4.79 Å². The number of nitrogens with zero attached hydrogens (tertiary/aromatic N) is 2. The van der Waals surface area contributed by atoms with Gasteiger partial charge in [0.1, 0.15) is 0 Å². The van der Waals surface area contributed by atoms with Crippen molar-refractivity contribution in [3.05, 3.63) is 33.8 Å². The molecule has 5 fully saturated rings. The average molecular weight is 476 g/mol. The molecule has 3 heterocycles. The third-order valence-corrected chi connectivity index (χ3v) is 9.00. The summed E-state index contributed by atoms with van der Waals surface area (Å²) in [5.41, 5.74) is 1.91. The molecule has 2 aliphatic carbocycles. The third kappa shape index (κ3) is 4.48. The molecule has 0 aromatic heterocycles. The number of halogens is 2. The van der Waals surface area contributed by atoms with Gasteiger partial charge in [-0.3, -0.25) is 9.79 Å². The minimum atomic E-state index is -0.515. The maximum atomic E-state index is 13.7. The normalized spacial score (nSPS) is 30.6. The zero-order valence-corrected chi connectivity index (χ0v) is 20.8.